The second kappa shape index (κ2) is 13.4. The summed E-state index contributed by atoms with van der Waals surface area (Å²) in [5.41, 5.74) is 3.71. The summed E-state index contributed by atoms with van der Waals surface area (Å²) in [6.45, 7) is 7.72. The number of rotatable bonds is 9. The maximum Gasteiger partial charge on any atom is 0.187 e. The molecule has 1 aromatic rings. The van der Waals surface area contributed by atoms with Crippen molar-refractivity contribution in [2.45, 2.75) is 134 Å². The molecular formula is C32H50O12. The monoisotopic (exact) mass is 626 g/mol. The maximum atomic E-state index is 11.1. The van der Waals surface area contributed by atoms with E-state index in [4.69, 9.17) is 23.4 Å². The van der Waals surface area contributed by atoms with Crippen LogP contribution in [0.2, 0.25) is 0 Å². The van der Waals surface area contributed by atoms with Gasteiger partial charge in [0, 0.05) is 0 Å². The third-order valence-corrected chi connectivity index (χ3v) is 10.9. The number of ether oxygens (including phenoxy) is 4. The Balaban J connectivity index is 1.36. The van der Waals surface area contributed by atoms with E-state index >= 15 is 0 Å². The molecule has 4 aliphatic rings. The fourth-order valence-electron chi connectivity index (χ4n) is 8.33. The predicted molar refractivity (Wildman–Crippen MR) is 155 cm³/mol. The number of hydrogen-bond donors (Lipinski definition) is 7. The van der Waals surface area contributed by atoms with E-state index in [1.54, 1.807) is 12.5 Å². The van der Waals surface area contributed by atoms with Crippen LogP contribution in [0.1, 0.15) is 65.4 Å². The first-order valence-electron chi connectivity index (χ1n) is 15.8. The van der Waals surface area contributed by atoms with Crippen molar-refractivity contribution in [2.75, 3.05) is 13.2 Å². The zero-order valence-corrected chi connectivity index (χ0v) is 26.0. The normalized spacial score (nSPS) is 44.4. The van der Waals surface area contributed by atoms with Crippen molar-refractivity contribution in [1.82, 2.24) is 0 Å². The average Bonchev–Trinajstić information content (AvgIpc) is 3.51. The van der Waals surface area contributed by atoms with E-state index < -0.39 is 74.6 Å². The minimum absolute atomic E-state index is 0.0432. The van der Waals surface area contributed by atoms with E-state index in [9.17, 15) is 35.7 Å². The minimum Gasteiger partial charge on any atom is -0.472 e. The maximum absolute atomic E-state index is 11.1. The molecule has 0 aromatic carbocycles. The lowest BCUT2D eigenvalue weighted by Crippen LogP contribution is -2.65. The summed E-state index contributed by atoms with van der Waals surface area (Å²) in [6, 6.07) is 2.00. The first kappa shape index (κ1) is 33.9. The molecule has 44 heavy (non-hydrogen) atoms. The third kappa shape index (κ3) is 6.16. The Kier molecular flexibility index (Phi) is 10.3. The standard InChI is InChI=1S/C32H50O12/c1-16-5-8-21-31(2,3)22(9-11-32(21,4)18(16)7-6-17-10-12-40-15-17)43-30-28(26(38)24(36)20(14-34)42-30)44-29-27(39)25(37)23(35)19(13-33)41-29/h10,12,15,19-30,33-39H,5-9,11,13-14H2,1-4H3/t19-,20-,21-,22-,23-,24-,25+,26+,27-,28-,29+,30+,32+/m1/s1. The van der Waals surface area contributed by atoms with E-state index in [-0.39, 0.29) is 22.9 Å². The number of aliphatic hydroxyl groups is 7. The number of furan rings is 1. The Morgan fingerprint density at radius 2 is 1.48 bits per heavy atom. The van der Waals surface area contributed by atoms with Gasteiger partial charge in [0.2, 0.25) is 0 Å². The molecule has 7 N–H and O–H groups in total. The Bertz CT molecular complexity index is 1120. The second-order valence-corrected chi connectivity index (χ2v) is 13.9. The number of hydrogen-bond acceptors (Lipinski definition) is 12. The summed E-state index contributed by atoms with van der Waals surface area (Å²) >= 11 is 0. The number of fused-ring (bicyclic) bond motifs is 1. The van der Waals surface area contributed by atoms with Crippen LogP contribution in [-0.4, -0.2) is 116 Å². The van der Waals surface area contributed by atoms with Crippen LogP contribution in [0.4, 0.5) is 0 Å². The molecule has 3 fully saturated rings. The first-order chi connectivity index (χ1) is 20.8. The summed E-state index contributed by atoms with van der Waals surface area (Å²) < 4.78 is 29.3. The van der Waals surface area contributed by atoms with Crippen molar-refractivity contribution in [2.24, 2.45) is 16.7 Å². The minimum atomic E-state index is -1.72. The third-order valence-electron chi connectivity index (χ3n) is 10.9. The quantitative estimate of drug-likeness (QED) is 0.191. The zero-order valence-electron chi connectivity index (χ0n) is 26.0. The molecule has 1 aromatic heterocycles. The number of aryl methyl sites for hydroxylation is 1. The topological polar surface area (TPSA) is 192 Å². The molecule has 13 atom stereocenters. The summed E-state index contributed by atoms with van der Waals surface area (Å²) in [5.74, 6) is 0.273. The van der Waals surface area contributed by atoms with Gasteiger partial charge in [-0.05, 0) is 73.8 Å². The number of aliphatic hydroxyl groups excluding tert-OH is 7. The predicted octanol–water partition coefficient (Wildman–Crippen LogP) is 0.774. The molecule has 12 nitrogen and oxygen atoms in total. The Labute approximate surface area is 258 Å². The molecule has 2 aliphatic carbocycles. The highest BCUT2D eigenvalue weighted by atomic mass is 16.8. The molecule has 5 rings (SSSR count). The lowest BCUT2D eigenvalue weighted by Gasteiger charge is -2.58. The molecule has 0 amide bonds. The number of allylic oxidation sites excluding steroid dienone is 2. The second-order valence-electron chi connectivity index (χ2n) is 13.9. The molecular weight excluding hydrogens is 576 g/mol. The summed E-state index contributed by atoms with van der Waals surface area (Å²) in [6.07, 6.45) is -6.26. The summed E-state index contributed by atoms with van der Waals surface area (Å²) in [5, 5.41) is 72.3. The van der Waals surface area contributed by atoms with Crippen LogP contribution >= 0.6 is 0 Å². The van der Waals surface area contributed by atoms with Gasteiger partial charge in [0.15, 0.2) is 12.6 Å². The van der Waals surface area contributed by atoms with E-state index in [1.807, 2.05) is 6.07 Å². The van der Waals surface area contributed by atoms with E-state index in [0.29, 0.717) is 6.42 Å². The van der Waals surface area contributed by atoms with Crippen molar-refractivity contribution in [1.29, 1.82) is 0 Å². The van der Waals surface area contributed by atoms with Gasteiger partial charge in [0.25, 0.3) is 0 Å². The molecule has 0 radical (unpaired) electrons. The van der Waals surface area contributed by atoms with Gasteiger partial charge in [-0.2, -0.15) is 0 Å². The Hall–Kier alpha value is -1.42. The van der Waals surface area contributed by atoms with Gasteiger partial charge in [-0.3, -0.25) is 0 Å². The van der Waals surface area contributed by atoms with Gasteiger partial charge in [-0.25, -0.2) is 0 Å². The molecule has 250 valence electrons. The van der Waals surface area contributed by atoms with Crippen LogP contribution < -0.4 is 0 Å². The lowest BCUT2D eigenvalue weighted by atomic mass is 9.49. The van der Waals surface area contributed by atoms with Crippen molar-refractivity contribution in [3.8, 4) is 0 Å². The highest BCUT2D eigenvalue weighted by molar-refractivity contribution is 5.29. The van der Waals surface area contributed by atoms with Crippen LogP contribution in [0.15, 0.2) is 34.2 Å². The summed E-state index contributed by atoms with van der Waals surface area (Å²) in [4.78, 5) is 0. The molecule has 1 saturated carbocycles. The average molecular weight is 627 g/mol. The Morgan fingerprint density at radius 1 is 0.818 bits per heavy atom. The van der Waals surface area contributed by atoms with Crippen molar-refractivity contribution in [3.05, 3.63) is 35.3 Å². The van der Waals surface area contributed by atoms with Gasteiger partial charge >= 0.3 is 0 Å². The first-order valence-corrected chi connectivity index (χ1v) is 15.8. The van der Waals surface area contributed by atoms with Gasteiger partial charge in [-0.15, -0.1) is 0 Å². The molecule has 0 spiro atoms. The van der Waals surface area contributed by atoms with Crippen LogP contribution in [0.25, 0.3) is 0 Å². The van der Waals surface area contributed by atoms with Crippen molar-refractivity contribution >= 4 is 0 Å². The zero-order chi connectivity index (χ0) is 32.0. The molecule has 12 heteroatoms. The van der Waals surface area contributed by atoms with Crippen LogP contribution in [0, 0.1) is 16.7 Å². The SMILES string of the molecule is CC1=C(CCc2ccoc2)[C@]2(C)CC[C@@H](O[C@@H]3O[C@H](CO)[C@@H](O)[C@H](O)[C@H]3O[C@@H]3O[C@H](CO)[C@@H](O)[C@H](O)[C@H]3O)C(C)(C)[C@H]2CC1. The van der Waals surface area contributed by atoms with Gasteiger partial charge in [0.05, 0.1) is 31.8 Å². The summed E-state index contributed by atoms with van der Waals surface area (Å²) in [7, 11) is 0. The lowest BCUT2D eigenvalue weighted by molar-refractivity contribution is -0.377. The molecule has 3 heterocycles. The van der Waals surface area contributed by atoms with Crippen molar-refractivity contribution in [3.63, 3.8) is 0 Å². The smallest absolute Gasteiger partial charge is 0.187 e. The van der Waals surface area contributed by atoms with E-state index in [0.717, 1.165) is 32.1 Å². The van der Waals surface area contributed by atoms with E-state index in [2.05, 4.69) is 27.7 Å². The van der Waals surface area contributed by atoms with Gasteiger partial charge in [-0.1, -0.05) is 31.9 Å². The fraction of sp³-hybridized carbons (Fsp3) is 0.812. The molecule has 2 aliphatic heterocycles. The van der Waals surface area contributed by atoms with E-state index in [1.165, 1.54) is 16.7 Å². The highest BCUT2D eigenvalue weighted by Crippen LogP contribution is 2.61. The van der Waals surface area contributed by atoms with Crippen LogP contribution in [0.5, 0.6) is 0 Å². The fourth-order valence-corrected chi connectivity index (χ4v) is 8.33. The molecule has 2 saturated heterocycles. The van der Waals surface area contributed by atoms with Crippen molar-refractivity contribution < 1.29 is 59.1 Å². The van der Waals surface area contributed by atoms with Gasteiger partial charge in [0.1, 0.15) is 48.8 Å². The van der Waals surface area contributed by atoms with Crippen LogP contribution in [-0.2, 0) is 25.4 Å². The largest absolute Gasteiger partial charge is 0.472 e. The van der Waals surface area contributed by atoms with Crippen LogP contribution in [0.3, 0.4) is 0 Å². The molecule has 0 bridgehead atoms. The molecule has 0 unspecified atom stereocenters. The Morgan fingerprint density at radius 3 is 2.11 bits per heavy atom. The van der Waals surface area contributed by atoms with Gasteiger partial charge < -0.3 is 59.1 Å². The highest BCUT2D eigenvalue weighted by Gasteiger charge is 2.57.